The van der Waals surface area contributed by atoms with Crippen LogP contribution in [0.3, 0.4) is 0 Å². The van der Waals surface area contributed by atoms with Gasteiger partial charge in [-0.15, -0.1) is 0 Å². The maximum atomic E-state index is 10.3. The number of imidazole rings is 1. The summed E-state index contributed by atoms with van der Waals surface area (Å²) >= 11 is 5.92. The van der Waals surface area contributed by atoms with Crippen molar-refractivity contribution < 1.29 is 5.11 Å². The fourth-order valence-corrected chi connectivity index (χ4v) is 2.00. The van der Waals surface area contributed by atoms with Crippen LogP contribution < -0.4 is 0 Å². The highest BCUT2D eigenvalue weighted by molar-refractivity contribution is 6.30. The molecule has 0 saturated heterocycles. The molecule has 0 aliphatic heterocycles. The molecule has 0 radical (unpaired) electrons. The number of nitrogens with zero attached hydrogens (tertiary/aromatic N) is 2. The molecule has 0 saturated carbocycles. The normalized spacial score (nSPS) is 13.0. The Balaban J connectivity index is 2.37. The van der Waals surface area contributed by atoms with E-state index in [2.05, 4.69) is 18.8 Å². The highest BCUT2D eigenvalue weighted by Gasteiger charge is 2.16. The van der Waals surface area contributed by atoms with E-state index in [9.17, 15) is 5.11 Å². The van der Waals surface area contributed by atoms with Crippen molar-refractivity contribution in [1.29, 1.82) is 0 Å². The fourth-order valence-electron chi connectivity index (χ4n) is 1.81. The minimum atomic E-state index is -0.696. The highest BCUT2D eigenvalue weighted by atomic mass is 35.5. The van der Waals surface area contributed by atoms with Crippen LogP contribution in [0.4, 0.5) is 0 Å². The summed E-state index contributed by atoms with van der Waals surface area (Å²) in [4.78, 5) is 4.08. The smallest absolute Gasteiger partial charge is 0.121 e. The molecule has 0 fully saturated rings. The summed E-state index contributed by atoms with van der Waals surface area (Å²) in [5.41, 5.74) is 1.56. The predicted octanol–water partition coefficient (Wildman–Crippen LogP) is 3.20. The average Bonchev–Trinajstić information content (AvgIpc) is 2.77. The van der Waals surface area contributed by atoms with Gasteiger partial charge in [-0.05, 0) is 31.5 Å². The lowest BCUT2D eigenvalue weighted by Crippen LogP contribution is -2.09. The van der Waals surface area contributed by atoms with Gasteiger partial charge in [-0.1, -0.05) is 23.7 Å². The van der Waals surface area contributed by atoms with Crippen LogP contribution in [0.25, 0.3) is 0 Å². The Morgan fingerprint density at radius 1 is 1.35 bits per heavy atom. The van der Waals surface area contributed by atoms with Gasteiger partial charge in [0.2, 0.25) is 0 Å². The van der Waals surface area contributed by atoms with Crippen molar-refractivity contribution in [2.45, 2.75) is 26.0 Å². The molecule has 1 N–H and O–H groups in total. The molecular formula is C13H15ClN2O. The van der Waals surface area contributed by atoms with Gasteiger partial charge in [0.05, 0.1) is 18.2 Å². The van der Waals surface area contributed by atoms with Crippen LogP contribution in [-0.2, 0) is 0 Å². The summed E-state index contributed by atoms with van der Waals surface area (Å²) in [5, 5.41) is 10.9. The van der Waals surface area contributed by atoms with Crippen molar-refractivity contribution in [2.24, 2.45) is 0 Å². The van der Waals surface area contributed by atoms with Crippen molar-refractivity contribution >= 4 is 11.6 Å². The maximum Gasteiger partial charge on any atom is 0.121 e. The minimum Gasteiger partial charge on any atom is -0.382 e. The Labute approximate surface area is 106 Å². The number of hydrogen-bond donors (Lipinski definition) is 1. The summed E-state index contributed by atoms with van der Waals surface area (Å²) in [5.74, 6) is 0. The molecule has 1 aromatic carbocycles. The molecule has 1 atom stereocenters. The van der Waals surface area contributed by atoms with Gasteiger partial charge in [0.15, 0.2) is 0 Å². The van der Waals surface area contributed by atoms with E-state index in [4.69, 9.17) is 11.6 Å². The van der Waals surface area contributed by atoms with E-state index >= 15 is 0 Å². The lowest BCUT2D eigenvalue weighted by Gasteiger charge is -2.16. The molecule has 0 amide bonds. The molecule has 1 aromatic heterocycles. The lowest BCUT2D eigenvalue weighted by atomic mass is 10.1. The van der Waals surface area contributed by atoms with E-state index in [-0.39, 0.29) is 6.04 Å². The summed E-state index contributed by atoms with van der Waals surface area (Å²) in [6, 6.07) is 7.51. The monoisotopic (exact) mass is 250 g/mol. The van der Waals surface area contributed by atoms with Crippen molar-refractivity contribution in [3.8, 4) is 0 Å². The van der Waals surface area contributed by atoms with E-state index in [0.717, 1.165) is 11.3 Å². The van der Waals surface area contributed by atoms with Gasteiger partial charge in [-0.2, -0.15) is 0 Å². The van der Waals surface area contributed by atoms with Crippen molar-refractivity contribution in [2.75, 3.05) is 0 Å². The molecule has 3 nitrogen and oxygen atoms in total. The first kappa shape index (κ1) is 12.1. The molecule has 1 heterocycles. The molecule has 0 bridgehead atoms. The van der Waals surface area contributed by atoms with Crippen LogP contribution in [0.5, 0.6) is 0 Å². The van der Waals surface area contributed by atoms with E-state index in [1.165, 1.54) is 0 Å². The van der Waals surface area contributed by atoms with Gasteiger partial charge in [0.1, 0.15) is 6.10 Å². The molecule has 1 unspecified atom stereocenters. The highest BCUT2D eigenvalue weighted by Crippen LogP contribution is 2.25. The van der Waals surface area contributed by atoms with Gasteiger partial charge in [-0.25, -0.2) is 4.98 Å². The molecular weight excluding hydrogens is 236 g/mol. The summed E-state index contributed by atoms with van der Waals surface area (Å²) < 4.78 is 1.95. The molecule has 17 heavy (non-hydrogen) atoms. The van der Waals surface area contributed by atoms with Crippen molar-refractivity contribution in [1.82, 2.24) is 9.55 Å². The van der Waals surface area contributed by atoms with E-state index in [1.807, 2.05) is 16.7 Å². The van der Waals surface area contributed by atoms with Gasteiger partial charge in [0, 0.05) is 11.1 Å². The van der Waals surface area contributed by atoms with E-state index in [1.54, 1.807) is 24.7 Å². The third-order valence-corrected chi connectivity index (χ3v) is 2.93. The quantitative estimate of drug-likeness (QED) is 0.909. The number of halogens is 1. The van der Waals surface area contributed by atoms with Gasteiger partial charge in [-0.3, -0.25) is 0 Å². The second-order valence-electron chi connectivity index (χ2n) is 4.28. The van der Waals surface area contributed by atoms with Crippen LogP contribution >= 0.6 is 11.6 Å². The fraction of sp³-hybridized carbons (Fsp3) is 0.308. The van der Waals surface area contributed by atoms with Gasteiger partial charge in [0.25, 0.3) is 0 Å². The first-order valence-electron chi connectivity index (χ1n) is 5.55. The zero-order valence-corrected chi connectivity index (χ0v) is 10.6. The minimum absolute atomic E-state index is 0.265. The standard InChI is InChI=1S/C13H15ClN2O/c1-9(2)16-8-15-7-12(16)13(17)10-4-3-5-11(14)6-10/h3-9,13,17H,1-2H3. The van der Waals surface area contributed by atoms with Gasteiger partial charge >= 0.3 is 0 Å². The molecule has 4 heteroatoms. The Morgan fingerprint density at radius 2 is 2.12 bits per heavy atom. The second kappa shape index (κ2) is 4.90. The third-order valence-electron chi connectivity index (χ3n) is 2.70. The molecule has 0 spiro atoms. The van der Waals surface area contributed by atoms with Crippen LogP contribution in [0.2, 0.25) is 5.02 Å². The maximum absolute atomic E-state index is 10.3. The number of rotatable bonds is 3. The summed E-state index contributed by atoms with van der Waals surface area (Å²) in [6.07, 6.45) is 2.72. The zero-order valence-electron chi connectivity index (χ0n) is 9.84. The molecule has 2 rings (SSSR count). The topological polar surface area (TPSA) is 38.0 Å². The number of aliphatic hydroxyl groups is 1. The molecule has 0 aliphatic rings. The van der Waals surface area contributed by atoms with E-state index < -0.39 is 6.10 Å². The third kappa shape index (κ3) is 2.51. The van der Waals surface area contributed by atoms with Crippen LogP contribution in [-0.4, -0.2) is 14.7 Å². The predicted molar refractivity (Wildman–Crippen MR) is 68.1 cm³/mol. The number of hydrogen-bond acceptors (Lipinski definition) is 2. The van der Waals surface area contributed by atoms with E-state index in [0.29, 0.717) is 5.02 Å². The van der Waals surface area contributed by atoms with Crippen molar-refractivity contribution in [3.05, 3.63) is 53.1 Å². The molecule has 90 valence electrons. The average molecular weight is 251 g/mol. The van der Waals surface area contributed by atoms with Crippen LogP contribution in [0.15, 0.2) is 36.8 Å². The Hall–Kier alpha value is -1.32. The molecule has 2 aromatic rings. The lowest BCUT2D eigenvalue weighted by molar-refractivity contribution is 0.208. The summed E-state index contributed by atoms with van der Waals surface area (Å²) in [7, 11) is 0. The first-order chi connectivity index (χ1) is 8.09. The Bertz CT molecular complexity index is 508. The number of aliphatic hydroxyl groups excluding tert-OH is 1. The second-order valence-corrected chi connectivity index (χ2v) is 4.71. The SMILES string of the molecule is CC(C)n1cncc1C(O)c1cccc(Cl)c1. The zero-order chi connectivity index (χ0) is 12.4. The number of aromatic nitrogens is 2. The van der Waals surface area contributed by atoms with Crippen LogP contribution in [0, 0.1) is 0 Å². The Kier molecular flexibility index (Phi) is 3.50. The largest absolute Gasteiger partial charge is 0.382 e. The Morgan fingerprint density at radius 3 is 2.76 bits per heavy atom. The van der Waals surface area contributed by atoms with Gasteiger partial charge < -0.3 is 9.67 Å². The first-order valence-corrected chi connectivity index (χ1v) is 5.92. The van der Waals surface area contributed by atoms with Crippen LogP contribution in [0.1, 0.15) is 37.3 Å². The number of benzene rings is 1. The summed E-state index contributed by atoms with van der Waals surface area (Å²) in [6.45, 7) is 4.10. The van der Waals surface area contributed by atoms with Crippen molar-refractivity contribution in [3.63, 3.8) is 0 Å². The molecule has 0 aliphatic carbocycles.